The smallest absolute Gasteiger partial charge is 0.225 e. The number of likely N-dealkylation sites (tertiary alicyclic amines) is 1. The van der Waals surface area contributed by atoms with Crippen molar-refractivity contribution in [2.45, 2.75) is 13.0 Å². The number of rotatable bonds is 7. The Kier molecular flexibility index (Phi) is 5.62. The first-order chi connectivity index (χ1) is 12.5. The predicted molar refractivity (Wildman–Crippen MR) is 94.8 cm³/mol. The van der Waals surface area contributed by atoms with E-state index in [2.05, 4.69) is 15.5 Å². The van der Waals surface area contributed by atoms with E-state index >= 15 is 0 Å². The zero-order valence-corrected chi connectivity index (χ0v) is 15.0. The Labute approximate surface area is 152 Å². The van der Waals surface area contributed by atoms with Crippen LogP contribution in [-0.4, -0.2) is 65.5 Å². The van der Waals surface area contributed by atoms with Crippen molar-refractivity contribution in [3.63, 3.8) is 0 Å². The molecular formula is C18H23N5O3. The summed E-state index contributed by atoms with van der Waals surface area (Å²) < 4.78 is 4.73. The molecule has 1 atom stereocenters. The van der Waals surface area contributed by atoms with Crippen LogP contribution >= 0.6 is 0 Å². The summed E-state index contributed by atoms with van der Waals surface area (Å²) in [5.74, 6) is 0.232. The Morgan fingerprint density at radius 1 is 1.35 bits per heavy atom. The standard InChI is InChI=1S/C18H23N5O3/c1-22(2)7-8-23-11-15(9-16(23)24)18(25)19-10-13-3-5-14(6-4-13)17-20-12-26-21-17/h3-6,12,15H,7-11H2,1-2H3,(H,19,25)/t15-/m1/s1. The van der Waals surface area contributed by atoms with E-state index in [1.54, 1.807) is 4.90 Å². The molecule has 0 bridgehead atoms. The average molecular weight is 357 g/mol. The minimum atomic E-state index is -0.275. The zero-order chi connectivity index (χ0) is 18.5. The van der Waals surface area contributed by atoms with E-state index in [0.29, 0.717) is 25.5 Å². The number of amides is 2. The van der Waals surface area contributed by atoms with E-state index in [1.807, 2.05) is 43.3 Å². The highest BCUT2D eigenvalue weighted by molar-refractivity contribution is 5.89. The molecule has 0 unspecified atom stereocenters. The number of likely N-dealkylation sites (N-methyl/N-ethyl adjacent to an activating group) is 1. The first kappa shape index (κ1) is 18.1. The number of aromatic nitrogens is 2. The molecule has 8 heteroatoms. The van der Waals surface area contributed by atoms with Crippen LogP contribution in [-0.2, 0) is 16.1 Å². The maximum absolute atomic E-state index is 12.4. The molecule has 26 heavy (non-hydrogen) atoms. The molecule has 1 aromatic heterocycles. The van der Waals surface area contributed by atoms with Gasteiger partial charge in [-0.15, -0.1) is 0 Å². The van der Waals surface area contributed by atoms with Crippen LogP contribution in [0.3, 0.4) is 0 Å². The van der Waals surface area contributed by atoms with Gasteiger partial charge in [0.1, 0.15) is 0 Å². The Bertz CT molecular complexity index is 743. The predicted octanol–water partition coefficient (Wildman–Crippen LogP) is 0.763. The van der Waals surface area contributed by atoms with Crippen LogP contribution in [0.4, 0.5) is 0 Å². The van der Waals surface area contributed by atoms with Gasteiger partial charge in [-0.1, -0.05) is 29.4 Å². The third-order valence-corrected chi connectivity index (χ3v) is 4.44. The summed E-state index contributed by atoms with van der Waals surface area (Å²) in [6, 6.07) is 7.59. The molecule has 2 aromatic rings. The third-order valence-electron chi connectivity index (χ3n) is 4.44. The first-order valence-electron chi connectivity index (χ1n) is 8.59. The summed E-state index contributed by atoms with van der Waals surface area (Å²) >= 11 is 0. The fraction of sp³-hybridized carbons (Fsp3) is 0.444. The highest BCUT2D eigenvalue weighted by Crippen LogP contribution is 2.18. The number of carbonyl (C=O) groups excluding carboxylic acids is 2. The van der Waals surface area contributed by atoms with Gasteiger partial charge in [0.05, 0.1) is 5.92 Å². The molecule has 138 valence electrons. The second-order valence-electron chi connectivity index (χ2n) is 6.71. The topological polar surface area (TPSA) is 91.6 Å². The Morgan fingerprint density at radius 3 is 2.77 bits per heavy atom. The van der Waals surface area contributed by atoms with Gasteiger partial charge in [-0.05, 0) is 19.7 Å². The van der Waals surface area contributed by atoms with Gasteiger partial charge >= 0.3 is 0 Å². The fourth-order valence-electron chi connectivity index (χ4n) is 2.89. The molecule has 8 nitrogen and oxygen atoms in total. The number of nitrogens with one attached hydrogen (secondary N) is 1. The lowest BCUT2D eigenvalue weighted by atomic mass is 10.1. The number of benzene rings is 1. The molecule has 1 fully saturated rings. The normalized spacial score (nSPS) is 17.1. The molecule has 0 aliphatic carbocycles. The number of hydrogen-bond acceptors (Lipinski definition) is 6. The van der Waals surface area contributed by atoms with E-state index < -0.39 is 0 Å². The van der Waals surface area contributed by atoms with Crippen molar-refractivity contribution in [3.8, 4) is 11.4 Å². The van der Waals surface area contributed by atoms with Crippen molar-refractivity contribution in [2.75, 3.05) is 33.7 Å². The minimum absolute atomic E-state index is 0.0523. The van der Waals surface area contributed by atoms with Gasteiger partial charge in [0.15, 0.2) is 0 Å². The van der Waals surface area contributed by atoms with Crippen molar-refractivity contribution in [2.24, 2.45) is 5.92 Å². The van der Waals surface area contributed by atoms with Crippen molar-refractivity contribution in [1.82, 2.24) is 25.3 Å². The maximum atomic E-state index is 12.4. The minimum Gasteiger partial charge on any atom is -0.352 e. The molecule has 3 rings (SSSR count). The lowest BCUT2D eigenvalue weighted by molar-refractivity contribution is -0.129. The quantitative estimate of drug-likeness (QED) is 0.787. The first-order valence-corrected chi connectivity index (χ1v) is 8.59. The Hall–Kier alpha value is -2.74. The van der Waals surface area contributed by atoms with Gasteiger partial charge in [-0.2, -0.15) is 4.98 Å². The second kappa shape index (κ2) is 8.09. The monoisotopic (exact) mass is 357 g/mol. The largest absolute Gasteiger partial charge is 0.352 e. The second-order valence-corrected chi connectivity index (χ2v) is 6.71. The van der Waals surface area contributed by atoms with Gasteiger partial charge in [0, 0.05) is 38.2 Å². The number of hydrogen-bond donors (Lipinski definition) is 1. The average Bonchev–Trinajstić information content (AvgIpc) is 3.28. The van der Waals surface area contributed by atoms with Crippen LogP contribution in [0.15, 0.2) is 35.2 Å². The molecule has 1 saturated heterocycles. The molecule has 0 spiro atoms. The van der Waals surface area contributed by atoms with Crippen molar-refractivity contribution >= 4 is 11.8 Å². The zero-order valence-electron chi connectivity index (χ0n) is 15.0. The maximum Gasteiger partial charge on any atom is 0.225 e. The molecule has 1 aromatic carbocycles. The lowest BCUT2D eigenvalue weighted by Crippen LogP contribution is -2.35. The summed E-state index contributed by atoms with van der Waals surface area (Å²) in [4.78, 5) is 32.2. The van der Waals surface area contributed by atoms with Gasteiger partial charge in [-0.25, -0.2) is 0 Å². The van der Waals surface area contributed by atoms with Crippen LogP contribution < -0.4 is 5.32 Å². The van der Waals surface area contributed by atoms with Crippen molar-refractivity contribution < 1.29 is 14.1 Å². The summed E-state index contributed by atoms with van der Waals surface area (Å²) in [6.07, 6.45) is 1.57. The summed E-state index contributed by atoms with van der Waals surface area (Å²) in [5.41, 5.74) is 1.83. The van der Waals surface area contributed by atoms with E-state index in [9.17, 15) is 9.59 Å². The van der Waals surface area contributed by atoms with Gasteiger partial charge in [0.2, 0.25) is 24.0 Å². The highest BCUT2D eigenvalue weighted by Gasteiger charge is 2.33. The molecular weight excluding hydrogens is 334 g/mol. The Morgan fingerprint density at radius 2 is 2.12 bits per heavy atom. The summed E-state index contributed by atoms with van der Waals surface area (Å²) in [5, 5.41) is 6.71. The van der Waals surface area contributed by atoms with E-state index in [0.717, 1.165) is 17.7 Å². The van der Waals surface area contributed by atoms with Crippen molar-refractivity contribution in [1.29, 1.82) is 0 Å². The van der Waals surface area contributed by atoms with Crippen LogP contribution in [0.5, 0.6) is 0 Å². The highest BCUT2D eigenvalue weighted by atomic mass is 16.5. The van der Waals surface area contributed by atoms with Gasteiger partial charge in [-0.3, -0.25) is 9.59 Å². The summed E-state index contributed by atoms with van der Waals surface area (Å²) in [7, 11) is 3.93. The van der Waals surface area contributed by atoms with Crippen LogP contribution in [0.1, 0.15) is 12.0 Å². The van der Waals surface area contributed by atoms with E-state index in [1.165, 1.54) is 6.39 Å². The number of carbonyl (C=O) groups is 2. The lowest BCUT2D eigenvalue weighted by Gasteiger charge is -2.19. The molecule has 0 radical (unpaired) electrons. The fourth-order valence-corrected chi connectivity index (χ4v) is 2.89. The molecule has 2 amide bonds. The Balaban J connectivity index is 1.49. The van der Waals surface area contributed by atoms with Crippen LogP contribution in [0.2, 0.25) is 0 Å². The van der Waals surface area contributed by atoms with Gasteiger partial charge < -0.3 is 19.6 Å². The number of nitrogens with zero attached hydrogens (tertiary/aromatic N) is 4. The van der Waals surface area contributed by atoms with Gasteiger partial charge in [0.25, 0.3) is 0 Å². The molecule has 0 saturated carbocycles. The molecule has 1 aliphatic heterocycles. The van der Waals surface area contributed by atoms with E-state index in [-0.39, 0.29) is 24.2 Å². The van der Waals surface area contributed by atoms with E-state index in [4.69, 9.17) is 4.52 Å². The summed E-state index contributed by atoms with van der Waals surface area (Å²) in [6.45, 7) is 2.38. The van der Waals surface area contributed by atoms with Crippen molar-refractivity contribution in [3.05, 3.63) is 36.2 Å². The van der Waals surface area contributed by atoms with Crippen LogP contribution in [0.25, 0.3) is 11.4 Å². The molecule has 1 N–H and O–H groups in total. The molecule has 1 aliphatic rings. The van der Waals surface area contributed by atoms with Crippen LogP contribution in [0, 0.1) is 5.92 Å². The third kappa shape index (κ3) is 4.45. The SMILES string of the molecule is CN(C)CCN1C[C@H](C(=O)NCc2ccc(-c3ncon3)cc2)CC1=O. The molecule has 2 heterocycles.